The van der Waals surface area contributed by atoms with Gasteiger partial charge in [-0.2, -0.15) is 0 Å². The zero-order chi connectivity index (χ0) is 17.5. The van der Waals surface area contributed by atoms with Crippen LogP contribution in [-0.2, 0) is 6.54 Å². The number of amides is 2. The summed E-state index contributed by atoms with van der Waals surface area (Å²) in [4.78, 5) is 10.8. The van der Waals surface area contributed by atoms with Crippen LogP contribution in [0.1, 0.15) is 24.1 Å². The molecule has 6 heteroatoms. The molecule has 1 atom stereocenters. The molecule has 0 aromatic heterocycles. The number of ether oxygens (including phenoxy) is 2. The number of hydrogen-bond acceptors (Lipinski definition) is 4. The van der Waals surface area contributed by atoms with Crippen molar-refractivity contribution in [2.24, 2.45) is 5.73 Å². The highest BCUT2D eigenvalue weighted by Gasteiger charge is 2.08. The van der Waals surface area contributed by atoms with E-state index in [1.807, 2.05) is 42.5 Å². The molecule has 0 heterocycles. The Labute approximate surface area is 142 Å². The van der Waals surface area contributed by atoms with Crippen molar-refractivity contribution in [1.82, 2.24) is 5.32 Å². The maximum atomic E-state index is 10.8. The lowest BCUT2D eigenvalue weighted by atomic mass is 10.1. The Morgan fingerprint density at radius 3 is 2.33 bits per heavy atom. The molecule has 2 aromatic carbocycles. The van der Waals surface area contributed by atoms with Gasteiger partial charge in [0.1, 0.15) is 0 Å². The van der Waals surface area contributed by atoms with E-state index in [-0.39, 0.29) is 6.04 Å². The Hall–Kier alpha value is -2.73. The topological polar surface area (TPSA) is 85.6 Å². The number of anilines is 1. The highest BCUT2D eigenvalue weighted by Crippen LogP contribution is 2.27. The number of hydrogen-bond donors (Lipinski definition) is 3. The first kappa shape index (κ1) is 17.6. The number of carbonyl (C=O) groups is 1. The van der Waals surface area contributed by atoms with E-state index in [0.29, 0.717) is 23.7 Å². The van der Waals surface area contributed by atoms with Crippen molar-refractivity contribution in [3.05, 3.63) is 53.6 Å². The monoisotopic (exact) mass is 329 g/mol. The molecule has 6 nitrogen and oxygen atoms in total. The van der Waals surface area contributed by atoms with Crippen molar-refractivity contribution < 1.29 is 14.3 Å². The maximum absolute atomic E-state index is 10.8. The van der Waals surface area contributed by atoms with E-state index >= 15 is 0 Å². The SMILES string of the molecule is COc1ccc(CNC(C)c2ccc(NC(N)=O)cc2)cc1OC. The molecular weight excluding hydrogens is 306 g/mol. The summed E-state index contributed by atoms with van der Waals surface area (Å²) in [6.07, 6.45) is 0. The van der Waals surface area contributed by atoms with Crippen LogP contribution in [0.15, 0.2) is 42.5 Å². The Morgan fingerprint density at radius 2 is 1.75 bits per heavy atom. The molecule has 0 saturated carbocycles. The van der Waals surface area contributed by atoms with Crippen LogP contribution < -0.4 is 25.8 Å². The Bertz CT molecular complexity index is 686. The van der Waals surface area contributed by atoms with Gasteiger partial charge in [0.25, 0.3) is 0 Å². The maximum Gasteiger partial charge on any atom is 0.316 e. The van der Waals surface area contributed by atoms with Gasteiger partial charge in [0, 0.05) is 18.3 Å². The minimum Gasteiger partial charge on any atom is -0.493 e. The second-order valence-corrected chi connectivity index (χ2v) is 5.40. The second kappa shape index (κ2) is 8.21. The number of nitrogens with one attached hydrogen (secondary N) is 2. The molecule has 0 bridgehead atoms. The van der Waals surface area contributed by atoms with Crippen LogP contribution in [0, 0.1) is 0 Å². The molecule has 24 heavy (non-hydrogen) atoms. The molecule has 0 radical (unpaired) electrons. The molecule has 1 unspecified atom stereocenters. The normalized spacial score (nSPS) is 11.6. The minimum absolute atomic E-state index is 0.153. The molecule has 4 N–H and O–H groups in total. The third kappa shape index (κ3) is 4.63. The third-order valence-corrected chi connectivity index (χ3v) is 3.74. The zero-order valence-electron chi connectivity index (χ0n) is 14.1. The van der Waals surface area contributed by atoms with Crippen LogP contribution in [-0.4, -0.2) is 20.3 Å². The van der Waals surface area contributed by atoms with Gasteiger partial charge in [-0.05, 0) is 42.3 Å². The first-order valence-corrected chi connectivity index (χ1v) is 7.64. The van der Waals surface area contributed by atoms with Crippen molar-refractivity contribution in [3.8, 4) is 11.5 Å². The van der Waals surface area contributed by atoms with Gasteiger partial charge >= 0.3 is 6.03 Å². The van der Waals surface area contributed by atoms with Crippen LogP contribution in [0.2, 0.25) is 0 Å². The number of urea groups is 1. The largest absolute Gasteiger partial charge is 0.493 e. The molecule has 0 aliphatic carbocycles. The van der Waals surface area contributed by atoms with E-state index in [1.165, 1.54) is 0 Å². The van der Waals surface area contributed by atoms with E-state index in [1.54, 1.807) is 14.2 Å². The lowest BCUT2D eigenvalue weighted by Gasteiger charge is -2.16. The van der Waals surface area contributed by atoms with Gasteiger partial charge in [-0.1, -0.05) is 18.2 Å². The van der Waals surface area contributed by atoms with Crippen LogP contribution in [0.25, 0.3) is 0 Å². The third-order valence-electron chi connectivity index (χ3n) is 3.74. The summed E-state index contributed by atoms with van der Waals surface area (Å²) in [6.45, 7) is 2.78. The van der Waals surface area contributed by atoms with Crippen LogP contribution in [0.3, 0.4) is 0 Å². The molecule has 2 aromatic rings. The average Bonchev–Trinajstić information content (AvgIpc) is 2.59. The van der Waals surface area contributed by atoms with E-state index < -0.39 is 6.03 Å². The smallest absolute Gasteiger partial charge is 0.316 e. The van der Waals surface area contributed by atoms with E-state index in [2.05, 4.69) is 17.6 Å². The van der Waals surface area contributed by atoms with Gasteiger partial charge < -0.3 is 25.8 Å². The van der Waals surface area contributed by atoms with Crippen molar-refractivity contribution in [2.45, 2.75) is 19.5 Å². The average molecular weight is 329 g/mol. The predicted octanol–water partition coefficient (Wildman–Crippen LogP) is 3.05. The van der Waals surface area contributed by atoms with Gasteiger partial charge in [-0.3, -0.25) is 0 Å². The molecule has 2 rings (SSSR count). The zero-order valence-corrected chi connectivity index (χ0v) is 14.1. The molecule has 128 valence electrons. The van der Waals surface area contributed by atoms with Crippen molar-refractivity contribution in [2.75, 3.05) is 19.5 Å². The molecule has 0 spiro atoms. The Balaban J connectivity index is 1.97. The summed E-state index contributed by atoms with van der Waals surface area (Å²) >= 11 is 0. The fourth-order valence-electron chi connectivity index (χ4n) is 2.38. The first-order chi connectivity index (χ1) is 11.5. The van der Waals surface area contributed by atoms with E-state index in [0.717, 1.165) is 11.1 Å². The number of nitrogens with two attached hydrogens (primary N) is 1. The summed E-state index contributed by atoms with van der Waals surface area (Å²) in [6, 6.07) is 13.0. The van der Waals surface area contributed by atoms with Gasteiger partial charge in [0.05, 0.1) is 14.2 Å². The van der Waals surface area contributed by atoms with E-state index in [9.17, 15) is 4.79 Å². The Morgan fingerprint density at radius 1 is 1.08 bits per heavy atom. The highest BCUT2D eigenvalue weighted by atomic mass is 16.5. The summed E-state index contributed by atoms with van der Waals surface area (Å²) in [5.41, 5.74) is 8.00. The van der Waals surface area contributed by atoms with Gasteiger partial charge in [0.2, 0.25) is 0 Å². The summed E-state index contributed by atoms with van der Waals surface area (Å²) in [5, 5.41) is 6.00. The lowest BCUT2D eigenvalue weighted by Crippen LogP contribution is -2.20. The van der Waals surface area contributed by atoms with Crippen LogP contribution in [0.4, 0.5) is 10.5 Å². The standard InChI is InChI=1S/C18H23N3O3/c1-12(14-5-7-15(8-6-14)21-18(19)22)20-11-13-4-9-16(23-2)17(10-13)24-3/h4-10,12,20H,11H2,1-3H3,(H3,19,21,22). The van der Waals surface area contributed by atoms with E-state index in [4.69, 9.17) is 15.2 Å². The minimum atomic E-state index is -0.567. The second-order valence-electron chi connectivity index (χ2n) is 5.40. The molecule has 0 fully saturated rings. The van der Waals surface area contributed by atoms with Crippen molar-refractivity contribution in [3.63, 3.8) is 0 Å². The summed E-state index contributed by atoms with van der Waals surface area (Å²) in [5.74, 6) is 1.43. The highest BCUT2D eigenvalue weighted by molar-refractivity contribution is 5.87. The van der Waals surface area contributed by atoms with Crippen molar-refractivity contribution in [1.29, 1.82) is 0 Å². The number of benzene rings is 2. The van der Waals surface area contributed by atoms with Crippen molar-refractivity contribution >= 4 is 11.7 Å². The van der Waals surface area contributed by atoms with Crippen LogP contribution >= 0.6 is 0 Å². The fourth-order valence-corrected chi connectivity index (χ4v) is 2.38. The quantitative estimate of drug-likeness (QED) is 0.729. The van der Waals surface area contributed by atoms with Crippen LogP contribution in [0.5, 0.6) is 11.5 Å². The molecule has 2 amide bonds. The first-order valence-electron chi connectivity index (χ1n) is 7.64. The molecule has 0 saturated heterocycles. The fraction of sp³-hybridized carbons (Fsp3) is 0.278. The molecule has 0 aliphatic heterocycles. The number of methoxy groups -OCH3 is 2. The van der Waals surface area contributed by atoms with Gasteiger partial charge in [-0.15, -0.1) is 0 Å². The number of rotatable bonds is 7. The summed E-state index contributed by atoms with van der Waals surface area (Å²) < 4.78 is 10.6. The molecule has 0 aliphatic rings. The Kier molecular flexibility index (Phi) is 6.03. The number of carbonyl (C=O) groups excluding carboxylic acids is 1. The molecular formula is C18H23N3O3. The predicted molar refractivity (Wildman–Crippen MR) is 94.4 cm³/mol. The van der Waals surface area contributed by atoms with Gasteiger partial charge in [0.15, 0.2) is 11.5 Å². The number of primary amides is 1. The summed E-state index contributed by atoms with van der Waals surface area (Å²) in [7, 11) is 3.24. The van der Waals surface area contributed by atoms with Gasteiger partial charge in [-0.25, -0.2) is 4.79 Å². The lowest BCUT2D eigenvalue weighted by molar-refractivity contribution is 0.259.